The first kappa shape index (κ1) is 16.6. The van der Waals surface area contributed by atoms with Crippen molar-refractivity contribution in [2.45, 2.75) is 26.1 Å². The number of nitrogens with zero attached hydrogens (tertiary/aromatic N) is 1. The number of furan rings is 1. The number of aliphatic hydroxyl groups excluding tert-OH is 1. The standard InChI is InChI=1S/C12H16N2O4.CO2/c1-2-8-5-11-10(3-4-17-11)14(8)7-18-12(16)9(13)6-15;2-1-3/h3-5,9,15H,2,6-7,13H2,1H3;/t9-;/m0./s1. The van der Waals surface area contributed by atoms with Crippen molar-refractivity contribution in [1.29, 1.82) is 0 Å². The van der Waals surface area contributed by atoms with Crippen LogP contribution in [0.1, 0.15) is 12.6 Å². The number of aliphatic hydroxyl groups is 1. The number of aromatic nitrogens is 1. The fraction of sp³-hybridized carbons (Fsp3) is 0.385. The smallest absolute Gasteiger partial charge is 0.373 e. The summed E-state index contributed by atoms with van der Waals surface area (Å²) in [4.78, 5) is 27.6. The second-order valence-electron chi connectivity index (χ2n) is 4.05. The Morgan fingerprint density at radius 1 is 1.57 bits per heavy atom. The largest absolute Gasteiger partial charge is 0.463 e. The molecule has 3 N–H and O–H groups in total. The highest BCUT2D eigenvalue weighted by Gasteiger charge is 2.16. The van der Waals surface area contributed by atoms with Gasteiger partial charge < -0.3 is 24.6 Å². The molecule has 0 amide bonds. The van der Waals surface area contributed by atoms with Crippen LogP contribution < -0.4 is 5.73 Å². The van der Waals surface area contributed by atoms with E-state index in [9.17, 15) is 4.79 Å². The van der Waals surface area contributed by atoms with Gasteiger partial charge in [-0.25, -0.2) is 0 Å². The SMILES string of the molecule is CCc1cc2occc2n1COC(=O)[C@@H](N)CO.O=C=O. The van der Waals surface area contributed by atoms with E-state index >= 15 is 0 Å². The van der Waals surface area contributed by atoms with Crippen molar-refractivity contribution in [1.82, 2.24) is 4.57 Å². The van der Waals surface area contributed by atoms with Crippen LogP contribution in [0.3, 0.4) is 0 Å². The average molecular weight is 296 g/mol. The molecule has 8 heteroatoms. The van der Waals surface area contributed by atoms with Crippen LogP contribution in [0.15, 0.2) is 22.8 Å². The summed E-state index contributed by atoms with van der Waals surface area (Å²) < 4.78 is 12.2. The number of carbonyl (C=O) groups is 1. The zero-order valence-electron chi connectivity index (χ0n) is 11.4. The lowest BCUT2D eigenvalue weighted by Gasteiger charge is -2.12. The van der Waals surface area contributed by atoms with Gasteiger partial charge in [-0.1, -0.05) is 6.92 Å². The number of hydrogen-bond donors (Lipinski definition) is 2. The Hall–Kier alpha value is -2.41. The highest BCUT2D eigenvalue weighted by Crippen LogP contribution is 2.21. The minimum atomic E-state index is -0.995. The quantitative estimate of drug-likeness (QED) is 0.746. The first-order valence-corrected chi connectivity index (χ1v) is 6.16. The van der Waals surface area contributed by atoms with E-state index in [1.54, 1.807) is 6.26 Å². The first-order valence-electron chi connectivity index (χ1n) is 6.16. The molecule has 0 saturated carbocycles. The molecular formula is C13H16N2O6. The zero-order valence-corrected chi connectivity index (χ0v) is 11.4. The maximum absolute atomic E-state index is 11.4. The Kier molecular flexibility index (Phi) is 6.35. The minimum Gasteiger partial charge on any atom is -0.463 e. The van der Waals surface area contributed by atoms with Crippen LogP contribution in [0, 0.1) is 0 Å². The van der Waals surface area contributed by atoms with Crippen LogP contribution in [0.2, 0.25) is 0 Å². The fourth-order valence-corrected chi connectivity index (χ4v) is 1.78. The molecule has 8 nitrogen and oxygen atoms in total. The summed E-state index contributed by atoms with van der Waals surface area (Å²) in [6.07, 6.45) is 2.63. The number of nitrogens with two attached hydrogens (primary N) is 1. The van der Waals surface area contributed by atoms with Crippen molar-refractivity contribution in [3.63, 3.8) is 0 Å². The summed E-state index contributed by atoms with van der Waals surface area (Å²) >= 11 is 0. The van der Waals surface area contributed by atoms with E-state index in [1.807, 2.05) is 23.6 Å². The maximum Gasteiger partial charge on any atom is 0.373 e. The van der Waals surface area contributed by atoms with Crippen LogP contribution in [0.25, 0.3) is 11.1 Å². The molecule has 0 aliphatic rings. The summed E-state index contributed by atoms with van der Waals surface area (Å²) in [5, 5.41) is 8.75. The molecule has 2 rings (SSSR count). The fourth-order valence-electron chi connectivity index (χ4n) is 1.78. The van der Waals surface area contributed by atoms with Crippen molar-refractivity contribution in [3.8, 4) is 0 Å². The number of esters is 1. The Labute approximate surface area is 120 Å². The first-order chi connectivity index (χ1) is 10.1. The number of rotatable bonds is 5. The van der Waals surface area contributed by atoms with E-state index in [1.165, 1.54) is 0 Å². The molecule has 0 fully saturated rings. The van der Waals surface area contributed by atoms with Crippen molar-refractivity contribution in [2.75, 3.05) is 6.61 Å². The molecule has 0 aliphatic heterocycles. The van der Waals surface area contributed by atoms with Gasteiger partial charge in [-0.05, 0) is 6.42 Å². The van der Waals surface area contributed by atoms with E-state index in [-0.39, 0.29) is 12.9 Å². The summed E-state index contributed by atoms with van der Waals surface area (Å²) in [6.45, 7) is 1.65. The van der Waals surface area contributed by atoms with Gasteiger partial charge in [0.15, 0.2) is 12.3 Å². The molecule has 0 radical (unpaired) electrons. The number of hydrogen-bond acceptors (Lipinski definition) is 7. The van der Waals surface area contributed by atoms with E-state index in [2.05, 4.69) is 0 Å². The number of ether oxygens (including phenoxy) is 1. The molecular weight excluding hydrogens is 280 g/mol. The summed E-state index contributed by atoms with van der Waals surface area (Å²) in [7, 11) is 0. The molecule has 0 aliphatic carbocycles. The average Bonchev–Trinajstić information content (AvgIpc) is 3.05. The van der Waals surface area contributed by atoms with Gasteiger partial charge in [-0.15, -0.1) is 0 Å². The van der Waals surface area contributed by atoms with Crippen LogP contribution in [0.5, 0.6) is 0 Å². The van der Waals surface area contributed by atoms with E-state index < -0.39 is 18.6 Å². The van der Waals surface area contributed by atoms with Crippen LogP contribution in [-0.2, 0) is 32.3 Å². The monoisotopic (exact) mass is 296 g/mol. The molecule has 0 bridgehead atoms. The van der Waals surface area contributed by atoms with Gasteiger partial charge in [0.1, 0.15) is 6.04 Å². The lowest BCUT2D eigenvalue weighted by atomic mass is 10.3. The maximum atomic E-state index is 11.4. The van der Waals surface area contributed by atoms with Gasteiger partial charge in [0.05, 0.1) is 18.4 Å². The molecule has 0 spiro atoms. The van der Waals surface area contributed by atoms with Crippen LogP contribution in [-0.4, -0.2) is 34.4 Å². The third kappa shape index (κ3) is 4.03. The minimum absolute atomic E-state index is 0.0682. The normalized spacial score (nSPS) is 11.4. The van der Waals surface area contributed by atoms with Gasteiger partial charge in [0, 0.05) is 17.8 Å². The highest BCUT2D eigenvalue weighted by molar-refractivity contribution is 5.77. The zero-order chi connectivity index (χ0) is 15.8. The van der Waals surface area contributed by atoms with E-state index in [0.29, 0.717) is 0 Å². The summed E-state index contributed by atoms with van der Waals surface area (Å²) in [5.41, 5.74) is 8.01. The summed E-state index contributed by atoms with van der Waals surface area (Å²) in [5.74, 6) is -0.620. The summed E-state index contributed by atoms with van der Waals surface area (Å²) in [6, 6.07) is 2.73. The van der Waals surface area contributed by atoms with Crippen molar-refractivity contribution < 1.29 is 28.6 Å². The topological polar surface area (TPSA) is 125 Å². The second-order valence-corrected chi connectivity index (χ2v) is 4.05. The molecule has 21 heavy (non-hydrogen) atoms. The number of aryl methyl sites for hydroxylation is 1. The third-order valence-corrected chi connectivity index (χ3v) is 2.81. The van der Waals surface area contributed by atoms with Gasteiger partial charge >= 0.3 is 12.1 Å². The molecule has 2 aromatic rings. The van der Waals surface area contributed by atoms with Crippen LogP contribution >= 0.6 is 0 Å². The molecule has 2 aromatic heterocycles. The van der Waals surface area contributed by atoms with Crippen molar-refractivity contribution in [2.24, 2.45) is 5.73 Å². The molecule has 114 valence electrons. The molecule has 1 atom stereocenters. The highest BCUT2D eigenvalue weighted by atomic mass is 16.5. The lowest BCUT2D eigenvalue weighted by molar-refractivity contribution is -0.191. The molecule has 2 heterocycles. The molecule has 0 unspecified atom stereocenters. The Morgan fingerprint density at radius 3 is 2.81 bits per heavy atom. The third-order valence-electron chi connectivity index (χ3n) is 2.81. The van der Waals surface area contributed by atoms with Gasteiger partial charge in [0.2, 0.25) is 0 Å². The lowest BCUT2D eigenvalue weighted by Crippen LogP contribution is -2.36. The molecule has 0 saturated heterocycles. The van der Waals surface area contributed by atoms with Gasteiger partial charge in [-0.3, -0.25) is 4.79 Å². The Bertz CT molecular complexity index is 624. The second kappa shape index (κ2) is 8.01. The van der Waals surface area contributed by atoms with E-state index in [4.69, 9.17) is 29.6 Å². The number of fused-ring (bicyclic) bond motifs is 1. The Morgan fingerprint density at radius 2 is 2.24 bits per heavy atom. The Balaban J connectivity index is 0.000000677. The van der Waals surface area contributed by atoms with Gasteiger partial charge in [-0.2, -0.15) is 9.59 Å². The predicted molar refractivity (Wildman–Crippen MR) is 69.7 cm³/mol. The number of carbonyl (C=O) groups excluding carboxylic acids is 3. The molecule has 0 aromatic carbocycles. The van der Waals surface area contributed by atoms with Gasteiger partial charge in [0.25, 0.3) is 0 Å². The van der Waals surface area contributed by atoms with Crippen molar-refractivity contribution in [3.05, 3.63) is 24.1 Å². The van der Waals surface area contributed by atoms with E-state index in [0.717, 1.165) is 23.2 Å². The predicted octanol–water partition coefficient (Wildman–Crippen LogP) is 0.0335. The van der Waals surface area contributed by atoms with Crippen molar-refractivity contribution >= 4 is 23.2 Å². The van der Waals surface area contributed by atoms with Crippen LogP contribution in [0.4, 0.5) is 0 Å².